The van der Waals surface area contributed by atoms with E-state index in [2.05, 4.69) is 77.1 Å². The van der Waals surface area contributed by atoms with E-state index in [0.29, 0.717) is 16.4 Å². The number of hydrogen-bond acceptors (Lipinski definition) is 11. The molecule has 0 radical (unpaired) electrons. The summed E-state index contributed by atoms with van der Waals surface area (Å²) in [6.45, 7) is 4.33. The lowest BCUT2D eigenvalue weighted by Crippen LogP contribution is -2.52. The van der Waals surface area contributed by atoms with E-state index in [1.54, 1.807) is 24.5 Å². The number of halogens is 1. The Hall–Kier alpha value is -1.76. The van der Waals surface area contributed by atoms with Crippen LogP contribution in [0, 0.1) is 10.8 Å². The van der Waals surface area contributed by atoms with E-state index in [1.165, 1.54) is 11.8 Å². The fraction of sp³-hybridized carbons (Fsp3) is 0.480. The monoisotopic (exact) mass is 576 g/mol. The number of nitrogens with zero attached hydrogens (tertiary/aromatic N) is 6. The molecule has 0 aliphatic heterocycles. The van der Waals surface area contributed by atoms with Crippen LogP contribution in [0.25, 0.3) is 22.5 Å². The lowest BCUT2D eigenvalue weighted by Gasteiger charge is -2.46. The van der Waals surface area contributed by atoms with E-state index < -0.39 is 8.91 Å². The summed E-state index contributed by atoms with van der Waals surface area (Å²) in [7, 11) is 1.86. The molecule has 3 aromatic rings. The van der Waals surface area contributed by atoms with Crippen LogP contribution < -0.4 is 4.90 Å². The van der Waals surface area contributed by atoms with Crippen molar-refractivity contribution in [3.63, 3.8) is 0 Å². The van der Waals surface area contributed by atoms with Crippen LogP contribution in [-0.2, 0) is 0 Å². The van der Waals surface area contributed by atoms with Crippen LogP contribution in [0.5, 0.6) is 5.75 Å². The summed E-state index contributed by atoms with van der Waals surface area (Å²) in [5.74, 6) is 0.809. The first-order valence-corrected chi connectivity index (χ1v) is 14.1. The fourth-order valence-electron chi connectivity index (χ4n) is 5.87. The predicted molar refractivity (Wildman–Crippen MR) is 155 cm³/mol. The van der Waals surface area contributed by atoms with Gasteiger partial charge in [-0.1, -0.05) is 31.7 Å². The maximum absolute atomic E-state index is 15.5. The Morgan fingerprint density at radius 3 is 2.54 bits per heavy atom. The number of alkyl halides is 1. The molecule has 12 heteroatoms. The van der Waals surface area contributed by atoms with Crippen molar-refractivity contribution < 1.29 is 9.50 Å². The Bertz CT molecular complexity index is 1310. The van der Waals surface area contributed by atoms with Crippen LogP contribution in [0.3, 0.4) is 0 Å². The highest BCUT2D eigenvalue weighted by Crippen LogP contribution is 2.59. The largest absolute Gasteiger partial charge is 0.507 e. The zero-order chi connectivity index (χ0) is 26.6. The minimum absolute atomic E-state index is 0.00637. The van der Waals surface area contributed by atoms with Gasteiger partial charge in [-0.2, -0.15) is 5.10 Å². The van der Waals surface area contributed by atoms with Crippen molar-refractivity contribution in [2.45, 2.75) is 59.5 Å². The standard InChI is InChI=1S/C25H29FN6OS4/c1-23-6-7-24(2,13-23)21(26)17(10-23)32(3)19-12-27-22(31-29-19)16-5-4-14(8-18(16)33)15-9-20(30-28-11-15)37-25(34,35)36/h4-5,8-9,11-12,17,21,33-36H,6-7,10,13H2,1-3H3/t17-,21-,23-,24-/m0/s1. The predicted octanol–water partition coefficient (Wildman–Crippen LogP) is 5.94. The Morgan fingerprint density at radius 2 is 1.86 bits per heavy atom. The van der Waals surface area contributed by atoms with Crippen LogP contribution in [0.15, 0.2) is 41.7 Å². The van der Waals surface area contributed by atoms with E-state index in [1.807, 2.05) is 24.1 Å². The Balaban J connectivity index is 1.35. The van der Waals surface area contributed by atoms with Gasteiger partial charge in [-0.3, -0.25) is 0 Å². The first-order valence-electron chi connectivity index (χ1n) is 12.0. The molecular formula is C25H29FN6OS4. The molecule has 1 aromatic carbocycles. The van der Waals surface area contributed by atoms with Gasteiger partial charge in [-0.15, -0.1) is 53.2 Å². The average Bonchev–Trinajstić information content (AvgIpc) is 3.12. The molecular weight excluding hydrogens is 548 g/mol. The number of rotatable bonds is 6. The summed E-state index contributed by atoms with van der Waals surface area (Å²) in [4.78, 5) is 6.32. The normalized spacial score (nSPS) is 27.3. The summed E-state index contributed by atoms with van der Waals surface area (Å²) < 4.78 is 14.6. The van der Waals surface area contributed by atoms with E-state index in [-0.39, 0.29) is 28.4 Å². The highest BCUT2D eigenvalue weighted by Gasteiger charge is 2.56. The molecule has 0 saturated heterocycles. The van der Waals surface area contributed by atoms with Gasteiger partial charge >= 0.3 is 0 Å². The average molecular weight is 577 g/mol. The van der Waals surface area contributed by atoms with E-state index in [4.69, 9.17) is 0 Å². The van der Waals surface area contributed by atoms with Gasteiger partial charge in [0.25, 0.3) is 0 Å². The van der Waals surface area contributed by atoms with Crippen LogP contribution in [0.1, 0.15) is 39.5 Å². The lowest BCUT2D eigenvalue weighted by atomic mass is 9.67. The SMILES string of the molecule is CN(c1cnc(-c2ccc(-c3cnnc(SC(S)(S)S)c3)cc2O)nn1)[C@H]1C[C@]2(C)CC[C@@](C)(C2)[C@H]1F. The quantitative estimate of drug-likeness (QED) is 0.163. The molecule has 0 amide bonds. The number of aromatic nitrogens is 5. The summed E-state index contributed by atoms with van der Waals surface area (Å²) in [6.07, 6.45) is 5.96. The van der Waals surface area contributed by atoms with Crippen molar-refractivity contribution in [2.24, 2.45) is 10.8 Å². The highest BCUT2D eigenvalue weighted by atomic mass is 32.3. The second kappa shape index (κ2) is 9.77. The van der Waals surface area contributed by atoms with Crippen molar-refractivity contribution in [2.75, 3.05) is 11.9 Å². The van der Waals surface area contributed by atoms with Crippen LogP contribution >= 0.6 is 49.6 Å². The zero-order valence-corrected chi connectivity index (χ0v) is 24.2. The smallest absolute Gasteiger partial charge is 0.185 e. The van der Waals surface area contributed by atoms with Crippen molar-refractivity contribution in [1.29, 1.82) is 0 Å². The molecule has 5 rings (SSSR count). The molecule has 0 spiro atoms. The number of benzene rings is 1. The van der Waals surface area contributed by atoms with E-state index in [0.717, 1.165) is 36.8 Å². The third kappa shape index (κ3) is 5.53. The molecule has 1 N–H and O–H groups in total. The minimum atomic E-state index is -0.933. The lowest BCUT2D eigenvalue weighted by molar-refractivity contribution is 0.0380. The summed E-state index contributed by atoms with van der Waals surface area (Å²) in [5, 5.41) is 28.0. The molecule has 2 bridgehead atoms. The van der Waals surface area contributed by atoms with E-state index in [9.17, 15) is 5.11 Å². The molecule has 2 aliphatic rings. The first kappa shape index (κ1) is 26.8. The second-order valence-corrected chi connectivity index (χ2v) is 16.0. The zero-order valence-electron chi connectivity index (χ0n) is 20.7. The molecule has 2 heterocycles. The van der Waals surface area contributed by atoms with Crippen molar-refractivity contribution in [1.82, 2.24) is 25.4 Å². The number of phenolic OH excluding ortho intramolecular Hbond substituents is 1. The number of thioether (sulfide) groups is 1. The third-order valence-corrected chi connectivity index (χ3v) is 9.19. The number of hydrogen-bond donors (Lipinski definition) is 4. The molecule has 37 heavy (non-hydrogen) atoms. The van der Waals surface area contributed by atoms with Gasteiger partial charge in [0, 0.05) is 18.0 Å². The summed E-state index contributed by atoms with van der Waals surface area (Å²) in [5.41, 5.74) is 1.82. The van der Waals surface area contributed by atoms with Crippen LogP contribution in [0.4, 0.5) is 10.2 Å². The maximum Gasteiger partial charge on any atom is 0.185 e. The van der Waals surface area contributed by atoms with Gasteiger partial charge in [-0.05, 0) is 54.9 Å². The number of phenols is 1. The number of anilines is 1. The van der Waals surface area contributed by atoms with Crippen molar-refractivity contribution in [3.05, 3.63) is 36.7 Å². The van der Waals surface area contributed by atoms with Crippen LogP contribution in [-0.4, -0.2) is 52.5 Å². The molecule has 2 fully saturated rings. The maximum atomic E-state index is 15.5. The van der Waals surface area contributed by atoms with Crippen molar-refractivity contribution >= 4 is 55.5 Å². The molecule has 2 aliphatic carbocycles. The van der Waals surface area contributed by atoms with Gasteiger partial charge < -0.3 is 10.0 Å². The summed E-state index contributed by atoms with van der Waals surface area (Å²) >= 11 is 14.0. The van der Waals surface area contributed by atoms with E-state index >= 15 is 4.39 Å². The van der Waals surface area contributed by atoms with Gasteiger partial charge in [0.05, 0.1) is 24.0 Å². The Labute approximate surface area is 236 Å². The Kier molecular flexibility index (Phi) is 7.08. The van der Waals surface area contributed by atoms with Gasteiger partial charge in [0.2, 0.25) is 0 Å². The number of fused-ring (bicyclic) bond motifs is 2. The first-order chi connectivity index (χ1) is 17.4. The molecule has 0 unspecified atom stereocenters. The topological polar surface area (TPSA) is 87.9 Å². The fourth-order valence-corrected chi connectivity index (χ4v) is 7.27. The highest BCUT2D eigenvalue weighted by molar-refractivity contribution is 8.36. The molecule has 2 saturated carbocycles. The Morgan fingerprint density at radius 1 is 1.08 bits per heavy atom. The van der Waals surface area contributed by atoms with Gasteiger partial charge in [0.1, 0.15) is 16.9 Å². The van der Waals surface area contributed by atoms with Gasteiger partial charge in [-0.25, -0.2) is 9.37 Å². The second-order valence-electron chi connectivity index (χ2n) is 10.8. The molecule has 4 atom stereocenters. The van der Waals surface area contributed by atoms with Gasteiger partial charge in [0.15, 0.2) is 14.4 Å². The molecule has 7 nitrogen and oxygen atoms in total. The summed E-state index contributed by atoms with van der Waals surface area (Å²) in [6, 6.07) is 6.74. The molecule has 2 aromatic heterocycles. The third-order valence-electron chi connectivity index (χ3n) is 7.69. The van der Waals surface area contributed by atoms with Crippen molar-refractivity contribution in [3.8, 4) is 28.3 Å². The van der Waals surface area contributed by atoms with Crippen LogP contribution in [0.2, 0.25) is 0 Å². The number of thiol groups is 3. The minimum Gasteiger partial charge on any atom is -0.507 e. The molecule has 196 valence electrons. The number of aromatic hydroxyl groups is 1.